The molecular weight excluding hydrogens is 659 g/mol. The lowest BCUT2D eigenvalue weighted by atomic mass is 9.97. The highest BCUT2D eigenvalue weighted by Crippen LogP contribution is 2.41. The fourth-order valence-electron chi connectivity index (χ4n) is 5.79. The van der Waals surface area contributed by atoms with Gasteiger partial charge in [0.2, 0.25) is 5.91 Å². The van der Waals surface area contributed by atoms with Crippen LogP contribution in [0.25, 0.3) is 22.5 Å². The molecule has 2 aliphatic rings. The number of hydrogen-bond donors (Lipinski definition) is 4. The van der Waals surface area contributed by atoms with Crippen LogP contribution in [-0.4, -0.2) is 113 Å². The monoisotopic (exact) mass is 691 g/mol. The van der Waals surface area contributed by atoms with Crippen molar-refractivity contribution < 1.29 is 47.5 Å². The number of carbonyl (C=O) groups excluding carboxylic acids is 1. The molecule has 0 saturated carbocycles. The summed E-state index contributed by atoms with van der Waals surface area (Å²) < 4.78 is 61.7. The summed E-state index contributed by atoms with van der Waals surface area (Å²) in [5.74, 6) is -4.64. The van der Waals surface area contributed by atoms with Crippen molar-refractivity contribution in [3.05, 3.63) is 66.2 Å². The van der Waals surface area contributed by atoms with Crippen LogP contribution >= 0.6 is 11.8 Å². The quantitative estimate of drug-likeness (QED) is 0.188. The minimum Gasteiger partial charge on any atom is -0.394 e. The Kier molecular flexibility index (Phi) is 10.1. The molecule has 0 radical (unpaired) electrons. The van der Waals surface area contributed by atoms with E-state index in [0.29, 0.717) is 16.9 Å². The van der Waals surface area contributed by atoms with Crippen molar-refractivity contribution in [2.45, 2.75) is 54.1 Å². The number of nitrogens with one attached hydrogen (secondary N) is 1. The second kappa shape index (κ2) is 14.3. The first-order valence-electron chi connectivity index (χ1n) is 14.8. The van der Waals surface area contributed by atoms with E-state index >= 15 is 0 Å². The van der Waals surface area contributed by atoms with Gasteiger partial charge in [0.1, 0.15) is 47.2 Å². The van der Waals surface area contributed by atoms with Gasteiger partial charge < -0.3 is 34.8 Å². The number of ether oxygens (including phenoxy) is 3. The summed E-state index contributed by atoms with van der Waals surface area (Å²) in [6.07, 6.45) is -1.41. The van der Waals surface area contributed by atoms with E-state index in [1.165, 1.54) is 41.4 Å². The highest BCUT2D eigenvalue weighted by molar-refractivity contribution is 8.00. The van der Waals surface area contributed by atoms with E-state index in [1.807, 2.05) is 6.07 Å². The average molecular weight is 692 g/mol. The summed E-state index contributed by atoms with van der Waals surface area (Å²) in [5, 5.41) is 51.3. The van der Waals surface area contributed by atoms with Gasteiger partial charge in [-0.3, -0.25) is 4.79 Å². The van der Waals surface area contributed by atoms with Crippen LogP contribution in [0.2, 0.25) is 0 Å². The van der Waals surface area contributed by atoms with Crippen LogP contribution in [-0.2, 0) is 19.0 Å². The number of anilines is 1. The van der Waals surface area contributed by atoms with Gasteiger partial charge in [0.25, 0.3) is 0 Å². The largest absolute Gasteiger partial charge is 0.394 e. The third kappa shape index (κ3) is 6.82. The molecule has 2 aromatic heterocycles. The topological polar surface area (TPSA) is 179 Å². The Morgan fingerprint density at radius 2 is 1.71 bits per heavy atom. The summed E-state index contributed by atoms with van der Waals surface area (Å²) in [4.78, 5) is 11.5. The molecule has 2 fully saturated rings. The second-order valence-corrected chi connectivity index (χ2v) is 12.7. The molecule has 2 aromatic carbocycles. The van der Waals surface area contributed by atoms with Crippen LogP contribution < -0.4 is 5.32 Å². The Morgan fingerprint density at radius 3 is 2.40 bits per heavy atom. The van der Waals surface area contributed by atoms with E-state index in [4.69, 9.17) is 14.2 Å². The zero-order valence-corrected chi connectivity index (χ0v) is 26.4. The summed E-state index contributed by atoms with van der Waals surface area (Å²) in [6.45, 7) is 1.11. The molecule has 1 amide bonds. The van der Waals surface area contributed by atoms with Crippen LogP contribution in [0.1, 0.15) is 19.0 Å². The molecule has 2 saturated heterocycles. The van der Waals surface area contributed by atoms with E-state index in [1.54, 1.807) is 24.4 Å². The molecule has 0 spiro atoms. The van der Waals surface area contributed by atoms with Crippen LogP contribution in [0.5, 0.6) is 0 Å². The van der Waals surface area contributed by atoms with Crippen LogP contribution in [0.3, 0.4) is 0 Å². The smallest absolute Gasteiger partial charge is 0.221 e. The van der Waals surface area contributed by atoms with Gasteiger partial charge in [0.15, 0.2) is 17.5 Å². The number of methoxy groups -OCH3 is 1. The lowest BCUT2D eigenvalue weighted by molar-refractivity contribution is -0.186. The van der Waals surface area contributed by atoms with Crippen molar-refractivity contribution in [2.75, 3.05) is 32.2 Å². The SMILES string of the molecule is COC1C(SC2COCC(n3cc(-c4cccc(NC(C)=O)c4)nn3)C2O)OC(CO)C(O)C1n1cc(-c2cc(F)c(F)c(F)c2)nn1. The molecular formula is C30H32F3N7O7S. The van der Waals surface area contributed by atoms with Gasteiger partial charge in [-0.05, 0) is 24.3 Å². The van der Waals surface area contributed by atoms with E-state index < -0.39 is 71.2 Å². The maximum atomic E-state index is 13.9. The Labute approximate surface area is 275 Å². The molecule has 4 heterocycles. The number of amides is 1. The van der Waals surface area contributed by atoms with Crippen molar-refractivity contribution >= 4 is 23.4 Å². The number of benzene rings is 2. The minimum absolute atomic E-state index is 0.000848. The Bertz CT molecular complexity index is 1740. The number of aromatic nitrogens is 6. The number of thioether (sulfide) groups is 1. The second-order valence-electron chi connectivity index (χ2n) is 11.4. The molecule has 0 bridgehead atoms. The fourth-order valence-corrected chi connectivity index (χ4v) is 7.28. The van der Waals surface area contributed by atoms with E-state index in [-0.39, 0.29) is 30.4 Å². The Hall–Kier alpha value is -3.91. The summed E-state index contributed by atoms with van der Waals surface area (Å²) in [7, 11) is 1.39. The van der Waals surface area contributed by atoms with Gasteiger partial charge in [-0.25, -0.2) is 22.5 Å². The molecule has 256 valence electrons. The van der Waals surface area contributed by atoms with E-state index in [0.717, 1.165) is 12.1 Å². The number of nitrogens with zero attached hydrogens (tertiary/aromatic N) is 6. The number of aliphatic hydroxyl groups excluding tert-OH is 3. The first kappa shape index (κ1) is 34.0. The number of rotatable bonds is 9. The zero-order valence-electron chi connectivity index (χ0n) is 25.6. The lowest BCUT2D eigenvalue weighted by Crippen LogP contribution is -2.56. The maximum absolute atomic E-state index is 13.9. The predicted octanol–water partition coefficient (Wildman–Crippen LogP) is 1.95. The fraction of sp³-hybridized carbons (Fsp3) is 0.433. The first-order chi connectivity index (χ1) is 23.1. The molecule has 18 heteroatoms. The van der Waals surface area contributed by atoms with Gasteiger partial charge in [-0.15, -0.1) is 22.0 Å². The summed E-state index contributed by atoms with van der Waals surface area (Å²) in [5.41, 5.74) is 0.854. The average Bonchev–Trinajstić information content (AvgIpc) is 3.76. The Balaban J connectivity index is 1.21. The van der Waals surface area contributed by atoms with Crippen molar-refractivity contribution in [3.8, 4) is 22.5 Å². The highest BCUT2D eigenvalue weighted by Gasteiger charge is 2.49. The number of aliphatic hydroxyl groups is 3. The summed E-state index contributed by atoms with van der Waals surface area (Å²) in [6, 6.07) is 7.00. The molecule has 8 atom stereocenters. The molecule has 14 nitrogen and oxygen atoms in total. The van der Waals surface area contributed by atoms with Crippen LogP contribution in [0, 0.1) is 17.5 Å². The van der Waals surface area contributed by atoms with Gasteiger partial charge in [0, 0.05) is 30.8 Å². The lowest BCUT2D eigenvalue weighted by Gasteiger charge is -2.45. The third-order valence-corrected chi connectivity index (χ3v) is 9.59. The third-order valence-electron chi connectivity index (χ3n) is 8.18. The summed E-state index contributed by atoms with van der Waals surface area (Å²) >= 11 is 1.17. The number of halogens is 3. The molecule has 4 N–H and O–H groups in total. The minimum atomic E-state index is -1.62. The zero-order chi connectivity index (χ0) is 34.1. The van der Waals surface area contributed by atoms with Crippen molar-refractivity contribution in [1.29, 1.82) is 0 Å². The van der Waals surface area contributed by atoms with Crippen molar-refractivity contribution in [2.24, 2.45) is 0 Å². The molecule has 2 aliphatic heterocycles. The Morgan fingerprint density at radius 1 is 1.02 bits per heavy atom. The van der Waals surface area contributed by atoms with Gasteiger partial charge in [-0.1, -0.05) is 22.6 Å². The van der Waals surface area contributed by atoms with Crippen LogP contribution in [0.4, 0.5) is 18.9 Å². The molecule has 48 heavy (non-hydrogen) atoms. The van der Waals surface area contributed by atoms with Crippen molar-refractivity contribution in [1.82, 2.24) is 30.0 Å². The normalized spacial score (nSPS) is 27.6. The van der Waals surface area contributed by atoms with E-state index in [2.05, 4.69) is 25.9 Å². The van der Waals surface area contributed by atoms with Gasteiger partial charge in [0.05, 0.1) is 43.6 Å². The predicted molar refractivity (Wildman–Crippen MR) is 164 cm³/mol. The molecule has 6 rings (SSSR count). The first-order valence-corrected chi connectivity index (χ1v) is 15.8. The number of hydrogen-bond acceptors (Lipinski definition) is 12. The maximum Gasteiger partial charge on any atom is 0.221 e. The standard InChI is InChI=1S/C30H32F3N7O7S/c1-14(42)34-17-5-3-4-15(6-17)20-9-39(37-35-20)22-12-46-13-24(27(22)43)48-30-29(45-2)26(28(44)23(11-41)47-30)40-10-21(36-38-40)16-7-18(31)25(33)19(32)8-16/h3-10,22-24,26-30,41,43-44H,11-13H2,1-2H3,(H,34,42). The van der Waals surface area contributed by atoms with Gasteiger partial charge in [-0.2, -0.15) is 0 Å². The van der Waals surface area contributed by atoms with Gasteiger partial charge >= 0.3 is 0 Å². The molecule has 0 aliphatic carbocycles. The van der Waals surface area contributed by atoms with E-state index in [9.17, 15) is 33.3 Å². The van der Waals surface area contributed by atoms with Crippen LogP contribution in [0.15, 0.2) is 48.8 Å². The molecule has 8 unspecified atom stereocenters. The van der Waals surface area contributed by atoms with Crippen molar-refractivity contribution in [3.63, 3.8) is 0 Å². The number of carbonyl (C=O) groups is 1. The molecule has 4 aromatic rings. The highest BCUT2D eigenvalue weighted by atomic mass is 32.2.